The van der Waals surface area contributed by atoms with Crippen LogP contribution in [0.4, 0.5) is 0 Å². The van der Waals surface area contributed by atoms with Gasteiger partial charge in [-0.05, 0) is 42.9 Å². The Morgan fingerprint density at radius 1 is 1.17 bits per heavy atom. The number of Topliss-reactive ketones (excluding diaryl/α,β-unsaturated/α-hetero) is 2. The first-order valence-electron chi connectivity index (χ1n) is 7.28. The highest BCUT2D eigenvalue weighted by Crippen LogP contribution is 2.51. The van der Waals surface area contributed by atoms with Crippen molar-refractivity contribution in [1.29, 1.82) is 0 Å². The van der Waals surface area contributed by atoms with Gasteiger partial charge in [0.1, 0.15) is 11.7 Å². The molecule has 1 aromatic rings. The first-order chi connectivity index (χ1) is 10.7. The average molecular weight is 374 g/mol. The second-order valence-corrected chi connectivity index (χ2v) is 9.25. The largest absolute Gasteiger partial charge is 0.299 e. The Balaban J connectivity index is 2.22. The topological polar surface area (TPSA) is 68.3 Å². The van der Waals surface area contributed by atoms with E-state index in [0.717, 1.165) is 19.1 Å². The van der Waals surface area contributed by atoms with E-state index in [9.17, 15) is 18.0 Å². The van der Waals surface area contributed by atoms with E-state index in [1.54, 1.807) is 0 Å². The van der Waals surface area contributed by atoms with E-state index in [-0.39, 0.29) is 41.0 Å². The lowest BCUT2D eigenvalue weighted by atomic mass is 9.73. The fourth-order valence-electron chi connectivity index (χ4n) is 3.29. The highest BCUT2D eigenvalue weighted by atomic mass is 35.5. The SMILES string of the molecule is CS(=O)(=O)C1(c2ccc(Cl)cc2Cl)CCC(=O)[C](C2CC2)C1=O. The van der Waals surface area contributed by atoms with E-state index >= 15 is 0 Å². The van der Waals surface area contributed by atoms with Crippen LogP contribution in [0.2, 0.25) is 10.0 Å². The Morgan fingerprint density at radius 3 is 2.35 bits per heavy atom. The third-order valence-corrected chi connectivity index (χ3v) is 7.02. The minimum atomic E-state index is -3.84. The van der Waals surface area contributed by atoms with Gasteiger partial charge in [0.2, 0.25) is 0 Å². The quantitative estimate of drug-likeness (QED) is 0.815. The van der Waals surface area contributed by atoms with Crippen LogP contribution < -0.4 is 0 Å². The fraction of sp³-hybridized carbons (Fsp3) is 0.438. The van der Waals surface area contributed by atoms with Crippen molar-refractivity contribution in [1.82, 2.24) is 0 Å². The minimum Gasteiger partial charge on any atom is -0.299 e. The molecule has 0 aromatic heterocycles. The minimum absolute atomic E-state index is 0.0313. The van der Waals surface area contributed by atoms with Gasteiger partial charge in [-0.1, -0.05) is 29.3 Å². The number of benzene rings is 1. The molecule has 0 amide bonds. The van der Waals surface area contributed by atoms with E-state index in [1.807, 2.05) is 0 Å². The van der Waals surface area contributed by atoms with Crippen LogP contribution in [-0.4, -0.2) is 26.2 Å². The predicted octanol–water partition coefficient (Wildman–Crippen LogP) is 3.15. The Bertz CT molecular complexity index is 798. The maximum Gasteiger partial charge on any atom is 0.173 e. The van der Waals surface area contributed by atoms with E-state index < -0.39 is 20.4 Å². The maximum absolute atomic E-state index is 13.1. The van der Waals surface area contributed by atoms with Crippen molar-refractivity contribution in [2.24, 2.45) is 5.92 Å². The van der Waals surface area contributed by atoms with Crippen molar-refractivity contribution in [3.63, 3.8) is 0 Å². The summed E-state index contributed by atoms with van der Waals surface area (Å²) < 4.78 is 23.4. The molecule has 2 aliphatic carbocycles. The molecule has 1 radical (unpaired) electrons. The maximum atomic E-state index is 13.1. The van der Waals surface area contributed by atoms with Gasteiger partial charge >= 0.3 is 0 Å². The van der Waals surface area contributed by atoms with E-state index in [2.05, 4.69) is 0 Å². The van der Waals surface area contributed by atoms with Crippen LogP contribution in [0.1, 0.15) is 31.2 Å². The molecular formula is C16H15Cl2O4S. The number of hydrogen-bond donors (Lipinski definition) is 0. The van der Waals surface area contributed by atoms with Crippen molar-refractivity contribution < 1.29 is 18.0 Å². The average Bonchev–Trinajstić information content (AvgIpc) is 3.23. The molecule has 2 aliphatic rings. The van der Waals surface area contributed by atoms with Gasteiger partial charge in [0.15, 0.2) is 20.4 Å². The monoisotopic (exact) mass is 373 g/mol. The standard InChI is InChI=1S/C16H15Cl2O4S/c1-23(21,22)16(11-5-4-10(17)8-12(11)18)7-6-13(19)14(15(16)20)9-2-3-9/h4-5,8-9H,2-3,6-7H2,1H3. The van der Waals surface area contributed by atoms with Gasteiger partial charge in [-0.3, -0.25) is 9.59 Å². The third-order valence-electron chi connectivity index (χ3n) is 4.60. The molecule has 7 heteroatoms. The normalized spacial score (nSPS) is 26.6. The molecule has 4 nitrogen and oxygen atoms in total. The third kappa shape index (κ3) is 2.63. The number of halogens is 2. The second kappa shape index (κ2) is 5.57. The number of sulfone groups is 1. The first-order valence-corrected chi connectivity index (χ1v) is 9.93. The molecule has 0 aliphatic heterocycles. The molecule has 0 saturated heterocycles. The fourth-order valence-corrected chi connectivity index (χ4v) is 5.42. The van der Waals surface area contributed by atoms with Crippen LogP contribution in [0.25, 0.3) is 0 Å². The molecule has 0 spiro atoms. The van der Waals surface area contributed by atoms with Crippen molar-refractivity contribution in [3.8, 4) is 0 Å². The Morgan fingerprint density at radius 2 is 1.83 bits per heavy atom. The van der Waals surface area contributed by atoms with Gasteiger partial charge in [-0.25, -0.2) is 8.42 Å². The molecule has 23 heavy (non-hydrogen) atoms. The molecule has 123 valence electrons. The van der Waals surface area contributed by atoms with Crippen molar-refractivity contribution in [2.45, 2.75) is 30.4 Å². The van der Waals surface area contributed by atoms with Gasteiger partial charge in [0.25, 0.3) is 0 Å². The molecule has 1 atom stereocenters. The zero-order valence-corrected chi connectivity index (χ0v) is 14.8. The van der Waals surface area contributed by atoms with Crippen LogP contribution in [0.5, 0.6) is 0 Å². The summed E-state index contributed by atoms with van der Waals surface area (Å²) in [4.78, 5) is 25.3. The lowest BCUT2D eigenvalue weighted by molar-refractivity contribution is -0.129. The van der Waals surface area contributed by atoms with Gasteiger partial charge < -0.3 is 0 Å². The summed E-state index contributed by atoms with van der Waals surface area (Å²) in [6.45, 7) is 0. The zero-order valence-electron chi connectivity index (χ0n) is 12.4. The van der Waals surface area contributed by atoms with E-state index in [0.29, 0.717) is 5.02 Å². The summed E-state index contributed by atoms with van der Waals surface area (Å²) >= 11 is 12.1. The Labute approximate surface area is 145 Å². The van der Waals surface area contributed by atoms with E-state index in [4.69, 9.17) is 23.2 Å². The van der Waals surface area contributed by atoms with Gasteiger partial charge in [-0.2, -0.15) is 0 Å². The molecule has 2 saturated carbocycles. The summed E-state index contributed by atoms with van der Waals surface area (Å²) in [5.74, 6) is -0.806. The highest BCUT2D eigenvalue weighted by Gasteiger charge is 2.60. The van der Waals surface area contributed by atoms with Gasteiger partial charge in [-0.15, -0.1) is 0 Å². The van der Waals surface area contributed by atoms with Crippen LogP contribution >= 0.6 is 23.2 Å². The zero-order chi connectivity index (χ0) is 17.0. The molecule has 0 bridgehead atoms. The van der Waals surface area contributed by atoms with Crippen LogP contribution in [0.3, 0.4) is 0 Å². The first kappa shape index (κ1) is 16.9. The molecule has 1 aromatic carbocycles. The molecular weight excluding hydrogens is 359 g/mol. The van der Waals surface area contributed by atoms with Crippen molar-refractivity contribution in [3.05, 3.63) is 39.7 Å². The lowest BCUT2D eigenvalue weighted by Crippen LogP contribution is -2.51. The number of carbonyl (C=O) groups is 2. The smallest absolute Gasteiger partial charge is 0.173 e. The summed E-state index contributed by atoms with van der Waals surface area (Å²) in [5, 5.41) is 0.480. The predicted molar refractivity (Wildman–Crippen MR) is 88.2 cm³/mol. The van der Waals surface area contributed by atoms with Gasteiger partial charge in [0, 0.05) is 22.7 Å². The Kier molecular flexibility index (Phi) is 4.10. The lowest BCUT2D eigenvalue weighted by Gasteiger charge is -2.37. The van der Waals surface area contributed by atoms with Crippen molar-refractivity contribution >= 4 is 44.6 Å². The molecule has 3 rings (SSSR count). The number of rotatable bonds is 3. The van der Waals surface area contributed by atoms with Crippen LogP contribution in [-0.2, 0) is 24.2 Å². The van der Waals surface area contributed by atoms with Crippen molar-refractivity contribution in [2.75, 3.05) is 6.26 Å². The summed E-state index contributed by atoms with van der Waals surface area (Å²) in [6, 6.07) is 4.41. The van der Waals surface area contributed by atoms with Gasteiger partial charge in [0.05, 0.1) is 0 Å². The van der Waals surface area contributed by atoms with Crippen LogP contribution in [0, 0.1) is 11.8 Å². The van der Waals surface area contributed by atoms with E-state index in [1.165, 1.54) is 18.2 Å². The summed E-state index contributed by atoms with van der Waals surface area (Å²) in [6.07, 6.45) is 2.48. The molecule has 0 heterocycles. The number of carbonyl (C=O) groups excluding carboxylic acids is 2. The molecule has 0 N–H and O–H groups in total. The molecule has 1 unspecified atom stereocenters. The summed E-state index contributed by atoms with van der Waals surface area (Å²) in [5.41, 5.74) is 0.210. The summed E-state index contributed by atoms with van der Waals surface area (Å²) in [7, 11) is -3.84. The van der Waals surface area contributed by atoms with Crippen LogP contribution in [0.15, 0.2) is 18.2 Å². The highest BCUT2D eigenvalue weighted by molar-refractivity contribution is 7.92. The number of ketones is 2. The Hall–Kier alpha value is -0.910. The second-order valence-electron chi connectivity index (χ2n) is 6.16. The molecule has 2 fully saturated rings. The number of hydrogen-bond acceptors (Lipinski definition) is 4.